The highest BCUT2D eigenvalue weighted by molar-refractivity contribution is 7.91. The summed E-state index contributed by atoms with van der Waals surface area (Å²) in [7, 11) is -3.75. The molecule has 0 bridgehead atoms. The van der Waals surface area contributed by atoms with Gasteiger partial charge >= 0.3 is 0 Å². The van der Waals surface area contributed by atoms with Crippen LogP contribution in [0.5, 0.6) is 0 Å². The van der Waals surface area contributed by atoms with Crippen LogP contribution in [0.25, 0.3) is 0 Å². The Morgan fingerprint density at radius 1 is 1.28 bits per heavy atom. The summed E-state index contributed by atoms with van der Waals surface area (Å²) in [5, 5.41) is 3.16. The van der Waals surface area contributed by atoms with Crippen LogP contribution >= 0.6 is 34.5 Å². The van der Waals surface area contributed by atoms with E-state index in [4.69, 9.17) is 23.2 Å². The summed E-state index contributed by atoms with van der Waals surface area (Å²) in [5.74, 6) is -0.380. The molecule has 134 valence electrons. The number of nitrogens with one attached hydrogen (secondary N) is 1. The number of amides is 1. The van der Waals surface area contributed by atoms with Crippen LogP contribution in [0.2, 0.25) is 9.36 Å². The molecule has 1 aliphatic heterocycles. The van der Waals surface area contributed by atoms with Gasteiger partial charge in [-0.1, -0.05) is 29.3 Å². The first-order valence-corrected chi connectivity index (χ1v) is 10.6. The topological polar surface area (TPSA) is 66.5 Å². The van der Waals surface area contributed by atoms with Gasteiger partial charge in [0.25, 0.3) is 10.0 Å². The van der Waals surface area contributed by atoms with Gasteiger partial charge in [-0.15, -0.1) is 11.3 Å². The van der Waals surface area contributed by atoms with Crippen molar-refractivity contribution in [2.24, 2.45) is 0 Å². The van der Waals surface area contributed by atoms with Gasteiger partial charge in [0.15, 0.2) is 0 Å². The number of anilines is 1. The van der Waals surface area contributed by atoms with Crippen LogP contribution in [-0.4, -0.2) is 31.2 Å². The van der Waals surface area contributed by atoms with E-state index in [1.807, 2.05) is 13.0 Å². The number of halogens is 2. The van der Waals surface area contributed by atoms with Gasteiger partial charge in [0.05, 0.1) is 15.0 Å². The average Bonchev–Trinajstić information content (AvgIpc) is 3.19. The summed E-state index contributed by atoms with van der Waals surface area (Å²) in [6.07, 6.45) is 1.09. The fourth-order valence-electron chi connectivity index (χ4n) is 2.78. The van der Waals surface area contributed by atoms with Crippen molar-refractivity contribution in [3.8, 4) is 0 Å². The second-order valence-electron chi connectivity index (χ2n) is 5.80. The number of hydrogen-bond donors (Lipinski definition) is 1. The van der Waals surface area contributed by atoms with E-state index in [1.165, 1.54) is 16.4 Å². The molecule has 1 fully saturated rings. The Kier molecular flexibility index (Phi) is 5.41. The maximum Gasteiger partial charge on any atom is 0.253 e. The largest absolute Gasteiger partial charge is 0.323 e. The van der Waals surface area contributed by atoms with E-state index < -0.39 is 16.1 Å². The molecule has 2 aromatic rings. The molecular weight excluding hydrogens is 403 g/mol. The fourth-order valence-corrected chi connectivity index (χ4v) is 6.33. The smallest absolute Gasteiger partial charge is 0.253 e. The molecule has 1 unspecified atom stereocenters. The first kappa shape index (κ1) is 18.7. The second-order valence-corrected chi connectivity index (χ2v) is 10.0. The molecule has 1 saturated heterocycles. The Morgan fingerprint density at radius 3 is 2.68 bits per heavy atom. The second kappa shape index (κ2) is 7.25. The molecule has 2 heterocycles. The third-order valence-electron chi connectivity index (χ3n) is 4.00. The molecule has 0 saturated carbocycles. The molecular formula is C16H16Cl2N2O3S2. The van der Waals surface area contributed by atoms with Gasteiger partial charge in [-0.05, 0) is 49.6 Å². The van der Waals surface area contributed by atoms with Crippen LogP contribution in [0, 0.1) is 6.92 Å². The monoisotopic (exact) mass is 418 g/mol. The lowest BCUT2D eigenvalue weighted by atomic mass is 10.2. The van der Waals surface area contributed by atoms with E-state index in [0.29, 0.717) is 34.4 Å². The summed E-state index contributed by atoms with van der Waals surface area (Å²) in [5.41, 5.74) is 1.45. The van der Waals surface area contributed by atoms with E-state index in [2.05, 4.69) is 5.32 Å². The number of carbonyl (C=O) groups is 1. The number of rotatable bonds is 4. The Morgan fingerprint density at radius 2 is 2.04 bits per heavy atom. The molecule has 1 N–H and O–H groups in total. The molecule has 1 amide bonds. The summed E-state index contributed by atoms with van der Waals surface area (Å²) in [6, 6.07) is 7.53. The van der Waals surface area contributed by atoms with Crippen molar-refractivity contribution in [3.63, 3.8) is 0 Å². The van der Waals surface area contributed by atoms with E-state index in [1.54, 1.807) is 12.1 Å². The molecule has 3 rings (SSSR count). The predicted molar refractivity (Wildman–Crippen MR) is 101 cm³/mol. The van der Waals surface area contributed by atoms with Crippen molar-refractivity contribution in [1.29, 1.82) is 0 Å². The molecule has 9 heteroatoms. The summed E-state index contributed by atoms with van der Waals surface area (Å²) in [6.45, 7) is 2.20. The number of sulfonamides is 1. The van der Waals surface area contributed by atoms with E-state index in [9.17, 15) is 13.2 Å². The SMILES string of the molecule is Cc1ccc(NC(=O)C2CCCN2S(=O)(=O)c2ccc(Cl)s2)c(Cl)c1. The summed E-state index contributed by atoms with van der Waals surface area (Å²) < 4.78 is 27.4. The normalized spacial score (nSPS) is 18.4. The van der Waals surface area contributed by atoms with Crippen LogP contribution in [0.3, 0.4) is 0 Å². The highest BCUT2D eigenvalue weighted by Crippen LogP contribution is 2.33. The van der Waals surface area contributed by atoms with Crippen LogP contribution < -0.4 is 5.32 Å². The molecule has 1 atom stereocenters. The standard InChI is InChI=1S/C16H16Cl2N2O3S2/c1-10-4-5-12(11(17)9-10)19-16(21)13-3-2-8-20(13)25(22,23)15-7-6-14(18)24-15/h4-7,9,13H,2-3,8H2,1H3,(H,19,21). The van der Waals surface area contributed by atoms with Crippen molar-refractivity contribution in [2.75, 3.05) is 11.9 Å². The zero-order valence-electron chi connectivity index (χ0n) is 13.3. The lowest BCUT2D eigenvalue weighted by Gasteiger charge is -2.23. The number of aryl methyl sites for hydroxylation is 1. The Bertz CT molecular complexity index is 912. The van der Waals surface area contributed by atoms with Gasteiger partial charge in [-0.3, -0.25) is 4.79 Å². The number of benzene rings is 1. The first-order valence-electron chi connectivity index (χ1n) is 7.63. The van der Waals surface area contributed by atoms with E-state index in [-0.39, 0.29) is 10.1 Å². The first-order chi connectivity index (χ1) is 11.8. The maximum atomic E-state index is 12.8. The molecule has 0 spiro atoms. The fraction of sp³-hybridized carbons (Fsp3) is 0.312. The number of nitrogens with zero attached hydrogens (tertiary/aromatic N) is 1. The molecule has 5 nitrogen and oxygen atoms in total. The van der Waals surface area contributed by atoms with Crippen LogP contribution in [0.15, 0.2) is 34.5 Å². The van der Waals surface area contributed by atoms with Gasteiger partial charge in [0.2, 0.25) is 5.91 Å². The third-order valence-corrected chi connectivity index (χ3v) is 7.92. The zero-order valence-corrected chi connectivity index (χ0v) is 16.5. The quantitative estimate of drug-likeness (QED) is 0.810. The van der Waals surface area contributed by atoms with E-state index in [0.717, 1.165) is 16.9 Å². The minimum Gasteiger partial charge on any atom is -0.323 e. The minimum absolute atomic E-state index is 0.144. The highest BCUT2D eigenvalue weighted by atomic mass is 35.5. The van der Waals surface area contributed by atoms with Crippen molar-refractivity contribution in [1.82, 2.24) is 4.31 Å². The van der Waals surface area contributed by atoms with Crippen LogP contribution in [-0.2, 0) is 14.8 Å². The van der Waals surface area contributed by atoms with Crippen LogP contribution in [0.1, 0.15) is 18.4 Å². The van der Waals surface area contributed by atoms with Crippen molar-refractivity contribution < 1.29 is 13.2 Å². The molecule has 25 heavy (non-hydrogen) atoms. The lowest BCUT2D eigenvalue weighted by Crippen LogP contribution is -2.42. The summed E-state index contributed by atoms with van der Waals surface area (Å²) >= 11 is 13.0. The minimum atomic E-state index is -3.75. The summed E-state index contributed by atoms with van der Waals surface area (Å²) in [4.78, 5) is 12.6. The molecule has 1 aromatic heterocycles. The lowest BCUT2D eigenvalue weighted by molar-refractivity contribution is -0.119. The predicted octanol–water partition coefficient (Wildman–Crippen LogP) is 4.16. The highest BCUT2D eigenvalue weighted by Gasteiger charge is 2.40. The average molecular weight is 419 g/mol. The molecule has 0 radical (unpaired) electrons. The Balaban J connectivity index is 1.82. The Hall–Kier alpha value is -1.12. The Labute approximate surface area is 160 Å². The van der Waals surface area contributed by atoms with Gasteiger partial charge in [-0.25, -0.2) is 8.42 Å². The third kappa shape index (κ3) is 3.85. The van der Waals surface area contributed by atoms with Gasteiger partial charge < -0.3 is 5.32 Å². The van der Waals surface area contributed by atoms with E-state index >= 15 is 0 Å². The molecule has 1 aromatic carbocycles. The number of carbonyl (C=O) groups excluding carboxylic acids is 1. The van der Waals surface area contributed by atoms with Gasteiger partial charge in [0.1, 0.15) is 10.3 Å². The molecule has 0 aliphatic carbocycles. The maximum absolute atomic E-state index is 12.8. The van der Waals surface area contributed by atoms with Crippen molar-refractivity contribution >= 4 is 56.2 Å². The number of hydrogen-bond acceptors (Lipinski definition) is 4. The zero-order chi connectivity index (χ0) is 18.2. The van der Waals surface area contributed by atoms with Gasteiger partial charge in [-0.2, -0.15) is 4.31 Å². The van der Waals surface area contributed by atoms with Crippen LogP contribution in [0.4, 0.5) is 5.69 Å². The number of thiophene rings is 1. The molecule has 1 aliphatic rings. The van der Waals surface area contributed by atoms with Gasteiger partial charge in [0, 0.05) is 6.54 Å². The van der Waals surface area contributed by atoms with Crippen molar-refractivity contribution in [2.45, 2.75) is 30.0 Å². The van der Waals surface area contributed by atoms with Crippen molar-refractivity contribution in [3.05, 3.63) is 45.3 Å².